The molecule has 1 aliphatic rings. The predicted octanol–water partition coefficient (Wildman–Crippen LogP) is 1.45. The minimum atomic E-state index is -0.714. The van der Waals surface area contributed by atoms with Gasteiger partial charge in [0.2, 0.25) is 0 Å². The van der Waals surface area contributed by atoms with Crippen molar-refractivity contribution in [3.8, 4) is 0 Å². The zero-order valence-electron chi connectivity index (χ0n) is 8.50. The lowest BCUT2D eigenvalue weighted by Crippen LogP contribution is -2.06. The van der Waals surface area contributed by atoms with Gasteiger partial charge >= 0.3 is 5.97 Å². The third kappa shape index (κ3) is 1.87. The molecule has 0 saturated carbocycles. The van der Waals surface area contributed by atoms with Gasteiger partial charge in [-0.3, -0.25) is 10.1 Å². The Morgan fingerprint density at radius 1 is 1.62 bits per heavy atom. The molecule has 0 amide bonds. The molecule has 6 heteroatoms. The summed E-state index contributed by atoms with van der Waals surface area (Å²) in [6.45, 7) is 0.582. The Bertz CT molecular complexity index is 453. The molecule has 0 radical (unpaired) electrons. The van der Waals surface area contributed by atoms with Crippen LogP contribution in [-0.2, 0) is 9.47 Å². The molecule has 1 unspecified atom stereocenters. The molecule has 2 rings (SSSR count). The monoisotopic (exact) mass is 223 g/mol. The van der Waals surface area contributed by atoms with E-state index in [1.54, 1.807) is 6.07 Å². The van der Waals surface area contributed by atoms with Crippen molar-refractivity contribution in [2.24, 2.45) is 0 Å². The maximum absolute atomic E-state index is 11.4. The molecule has 84 valence electrons. The highest BCUT2D eigenvalue weighted by Gasteiger charge is 2.29. The lowest BCUT2D eigenvalue weighted by atomic mass is 10.1. The number of epoxide rings is 1. The quantitative estimate of drug-likeness (QED) is 0.335. The van der Waals surface area contributed by atoms with Gasteiger partial charge in [0.15, 0.2) is 0 Å². The third-order valence-corrected chi connectivity index (χ3v) is 2.33. The second kappa shape index (κ2) is 3.90. The zero-order chi connectivity index (χ0) is 11.7. The van der Waals surface area contributed by atoms with E-state index in [4.69, 9.17) is 4.74 Å². The molecule has 1 aromatic carbocycles. The van der Waals surface area contributed by atoms with Gasteiger partial charge < -0.3 is 9.47 Å². The zero-order valence-corrected chi connectivity index (χ0v) is 8.50. The number of carbonyl (C=O) groups excluding carboxylic acids is 1. The number of esters is 1. The number of carbonyl (C=O) groups is 1. The number of ether oxygens (including phenoxy) is 2. The fourth-order valence-corrected chi connectivity index (χ4v) is 1.43. The van der Waals surface area contributed by atoms with Gasteiger partial charge in [0.1, 0.15) is 11.7 Å². The van der Waals surface area contributed by atoms with E-state index in [2.05, 4.69) is 4.74 Å². The van der Waals surface area contributed by atoms with Crippen molar-refractivity contribution in [2.75, 3.05) is 13.7 Å². The van der Waals surface area contributed by atoms with Crippen LogP contribution in [0.25, 0.3) is 0 Å². The molecule has 16 heavy (non-hydrogen) atoms. The summed E-state index contributed by atoms with van der Waals surface area (Å²) < 4.78 is 9.54. The number of methoxy groups -OCH3 is 1. The van der Waals surface area contributed by atoms with Gasteiger partial charge in [-0.1, -0.05) is 0 Å². The molecule has 1 aromatic rings. The maximum atomic E-state index is 11.4. The summed E-state index contributed by atoms with van der Waals surface area (Å²) in [4.78, 5) is 21.5. The summed E-state index contributed by atoms with van der Waals surface area (Å²) in [6, 6.07) is 4.33. The average Bonchev–Trinajstić information content (AvgIpc) is 3.11. The van der Waals surface area contributed by atoms with Gasteiger partial charge in [-0.05, 0) is 17.7 Å². The van der Waals surface area contributed by atoms with Gasteiger partial charge in [-0.25, -0.2) is 4.79 Å². The highest BCUT2D eigenvalue weighted by atomic mass is 16.6. The van der Waals surface area contributed by atoms with Crippen LogP contribution < -0.4 is 0 Å². The average molecular weight is 223 g/mol. The number of hydrogen-bond acceptors (Lipinski definition) is 5. The summed E-state index contributed by atoms with van der Waals surface area (Å²) in [6.07, 6.45) is -0.0517. The maximum Gasteiger partial charge on any atom is 0.344 e. The third-order valence-electron chi connectivity index (χ3n) is 2.33. The predicted molar refractivity (Wildman–Crippen MR) is 53.1 cm³/mol. The van der Waals surface area contributed by atoms with Crippen molar-refractivity contribution < 1.29 is 19.2 Å². The van der Waals surface area contributed by atoms with Gasteiger partial charge in [0.05, 0.1) is 18.6 Å². The van der Waals surface area contributed by atoms with Crippen LogP contribution in [0.3, 0.4) is 0 Å². The Morgan fingerprint density at radius 3 is 2.81 bits per heavy atom. The SMILES string of the molecule is COC(=O)c1cc(C2CO2)ccc1[N+](=O)[O-]. The molecule has 0 aliphatic carbocycles. The van der Waals surface area contributed by atoms with Crippen molar-refractivity contribution in [3.05, 3.63) is 39.4 Å². The molecular formula is C10H9NO5. The molecule has 6 nitrogen and oxygen atoms in total. The van der Waals surface area contributed by atoms with E-state index in [1.165, 1.54) is 19.2 Å². The van der Waals surface area contributed by atoms with Crippen molar-refractivity contribution >= 4 is 11.7 Å². The van der Waals surface area contributed by atoms with Crippen molar-refractivity contribution in [3.63, 3.8) is 0 Å². The first kappa shape index (κ1) is 10.6. The molecule has 1 fully saturated rings. The first-order valence-electron chi connectivity index (χ1n) is 4.61. The summed E-state index contributed by atoms with van der Waals surface area (Å²) in [5.74, 6) is -0.714. The van der Waals surface area contributed by atoms with E-state index in [-0.39, 0.29) is 17.4 Å². The Hall–Kier alpha value is -1.95. The van der Waals surface area contributed by atoms with E-state index in [0.717, 1.165) is 5.56 Å². The molecule has 1 heterocycles. The van der Waals surface area contributed by atoms with Crippen molar-refractivity contribution in [1.82, 2.24) is 0 Å². The first-order valence-corrected chi connectivity index (χ1v) is 4.61. The number of nitro benzene ring substituents is 1. The first-order chi connectivity index (χ1) is 7.63. The topological polar surface area (TPSA) is 82.0 Å². The lowest BCUT2D eigenvalue weighted by molar-refractivity contribution is -0.385. The second-order valence-electron chi connectivity index (χ2n) is 3.35. The molecule has 1 aliphatic heterocycles. The number of nitrogens with zero attached hydrogens (tertiary/aromatic N) is 1. The molecular weight excluding hydrogens is 214 g/mol. The summed E-state index contributed by atoms with van der Waals surface area (Å²) in [5.41, 5.74) is 0.461. The summed E-state index contributed by atoms with van der Waals surface area (Å²) in [7, 11) is 1.19. The van der Waals surface area contributed by atoms with Crippen molar-refractivity contribution in [1.29, 1.82) is 0 Å². The van der Waals surface area contributed by atoms with Crippen LogP contribution in [0.2, 0.25) is 0 Å². The van der Waals surface area contributed by atoms with Crippen LogP contribution in [0, 0.1) is 10.1 Å². The van der Waals surface area contributed by atoms with E-state index in [9.17, 15) is 14.9 Å². The fraction of sp³-hybridized carbons (Fsp3) is 0.300. The molecule has 1 saturated heterocycles. The van der Waals surface area contributed by atoms with Gasteiger partial charge in [-0.15, -0.1) is 0 Å². The molecule has 0 aromatic heterocycles. The summed E-state index contributed by atoms with van der Waals surface area (Å²) in [5, 5.41) is 10.7. The molecule has 0 bridgehead atoms. The van der Waals surface area contributed by atoms with Crippen LogP contribution in [0.15, 0.2) is 18.2 Å². The van der Waals surface area contributed by atoms with Crippen molar-refractivity contribution in [2.45, 2.75) is 6.10 Å². The van der Waals surface area contributed by atoms with Gasteiger partial charge in [0.25, 0.3) is 5.69 Å². The van der Waals surface area contributed by atoms with Crippen LogP contribution in [0.5, 0.6) is 0 Å². The molecule has 0 spiro atoms. The van der Waals surface area contributed by atoms with E-state index < -0.39 is 10.9 Å². The number of rotatable bonds is 3. The Morgan fingerprint density at radius 2 is 2.31 bits per heavy atom. The normalized spacial score (nSPS) is 17.9. The van der Waals surface area contributed by atoms with Gasteiger partial charge in [-0.2, -0.15) is 0 Å². The summed E-state index contributed by atoms with van der Waals surface area (Å²) >= 11 is 0. The Kier molecular flexibility index (Phi) is 2.57. The minimum absolute atomic E-state index is 0.0412. The second-order valence-corrected chi connectivity index (χ2v) is 3.35. The van der Waals surface area contributed by atoms with Crippen LogP contribution >= 0.6 is 0 Å². The Labute approximate surface area is 90.9 Å². The van der Waals surface area contributed by atoms with E-state index in [0.29, 0.717) is 6.61 Å². The van der Waals surface area contributed by atoms with Crippen LogP contribution in [0.4, 0.5) is 5.69 Å². The van der Waals surface area contributed by atoms with Crippen LogP contribution in [-0.4, -0.2) is 24.6 Å². The van der Waals surface area contributed by atoms with E-state index >= 15 is 0 Å². The highest BCUT2D eigenvalue weighted by molar-refractivity contribution is 5.94. The smallest absolute Gasteiger partial charge is 0.344 e. The van der Waals surface area contributed by atoms with Crippen LogP contribution in [0.1, 0.15) is 22.0 Å². The lowest BCUT2D eigenvalue weighted by Gasteiger charge is -2.03. The molecule has 1 atom stereocenters. The number of nitro groups is 1. The van der Waals surface area contributed by atoms with Gasteiger partial charge in [0, 0.05) is 6.07 Å². The highest BCUT2D eigenvalue weighted by Crippen LogP contribution is 2.32. The molecule has 0 N–H and O–H groups in total. The number of benzene rings is 1. The Balaban J connectivity index is 2.45. The fourth-order valence-electron chi connectivity index (χ4n) is 1.43. The largest absolute Gasteiger partial charge is 0.465 e. The minimum Gasteiger partial charge on any atom is -0.465 e. The standard InChI is InChI=1S/C10H9NO5/c1-15-10(12)7-4-6(9-5-16-9)2-3-8(7)11(13)14/h2-4,9H,5H2,1H3. The van der Waals surface area contributed by atoms with E-state index in [1.807, 2.05) is 0 Å². The number of hydrogen-bond donors (Lipinski definition) is 0.